The number of amides is 2. The Bertz CT molecular complexity index is 680. The van der Waals surface area contributed by atoms with Crippen molar-refractivity contribution in [2.24, 2.45) is 0 Å². The molecule has 0 saturated heterocycles. The first-order valence-corrected chi connectivity index (χ1v) is 6.70. The number of hydrogen-bond donors (Lipinski definition) is 2. The number of thioether (sulfide) groups is 1. The molecule has 104 valence electrons. The maximum Gasteiger partial charge on any atom is 0.315 e. The minimum absolute atomic E-state index is 0.304. The lowest BCUT2D eigenvalue weighted by atomic mass is 10.3. The summed E-state index contributed by atoms with van der Waals surface area (Å²) in [5.41, 5.74) is 0.471. The van der Waals surface area contributed by atoms with E-state index >= 15 is 0 Å². The second-order valence-corrected chi connectivity index (χ2v) is 4.70. The van der Waals surface area contributed by atoms with Crippen LogP contribution in [0.25, 0.3) is 0 Å². The first-order chi connectivity index (χ1) is 10.2. The number of nitrogens with zero attached hydrogens (tertiary/aromatic N) is 2. The number of hydrogen-bond acceptors (Lipinski definition) is 5. The van der Waals surface area contributed by atoms with E-state index < -0.39 is 11.8 Å². The van der Waals surface area contributed by atoms with Gasteiger partial charge in [-0.1, -0.05) is 6.07 Å². The van der Waals surface area contributed by atoms with Crippen molar-refractivity contribution in [1.29, 1.82) is 5.26 Å². The van der Waals surface area contributed by atoms with E-state index in [0.717, 1.165) is 16.7 Å². The fraction of sp³-hybridized carbons (Fsp3) is 0. The van der Waals surface area contributed by atoms with Crippen molar-refractivity contribution in [2.75, 3.05) is 10.6 Å². The minimum Gasteiger partial charge on any atom is -0.318 e. The van der Waals surface area contributed by atoms with Crippen molar-refractivity contribution in [3.8, 4) is 5.40 Å². The van der Waals surface area contributed by atoms with E-state index in [4.69, 9.17) is 5.26 Å². The van der Waals surface area contributed by atoms with Crippen LogP contribution in [0.15, 0.2) is 53.6 Å². The van der Waals surface area contributed by atoms with Crippen molar-refractivity contribution >= 4 is 35.1 Å². The van der Waals surface area contributed by atoms with Gasteiger partial charge >= 0.3 is 11.8 Å². The van der Waals surface area contributed by atoms with Crippen LogP contribution in [0.1, 0.15) is 0 Å². The summed E-state index contributed by atoms with van der Waals surface area (Å²) in [5.74, 6) is -1.29. The molecule has 21 heavy (non-hydrogen) atoms. The lowest BCUT2D eigenvalue weighted by Crippen LogP contribution is -2.29. The molecule has 0 aliphatic rings. The van der Waals surface area contributed by atoms with E-state index in [0.29, 0.717) is 11.5 Å². The van der Waals surface area contributed by atoms with E-state index in [9.17, 15) is 9.59 Å². The number of rotatable bonds is 3. The molecule has 0 aliphatic carbocycles. The van der Waals surface area contributed by atoms with E-state index in [-0.39, 0.29) is 0 Å². The molecule has 0 atom stereocenters. The van der Waals surface area contributed by atoms with E-state index in [1.807, 2.05) is 5.40 Å². The van der Waals surface area contributed by atoms with Crippen molar-refractivity contribution < 1.29 is 9.59 Å². The van der Waals surface area contributed by atoms with Gasteiger partial charge in [-0.15, -0.1) is 0 Å². The number of pyridine rings is 1. The van der Waals surface area contributed by atoms with E-state index in [1.165, 1.54) is 6.20 Å². The average molecular weight is 298 g/mol. The molecule has 0 bridgehead atoms. The molecule has 1 aromatic heterocycles. The summed E-state index contributed by atoms with van der Waals surface area (Å²) in [6.45, 7) is 0. The standard InChI is InChI=1S/C14H10N4O2S/c15-9-21-11-6-4-10(5-7-11)17-13(19)14(20)18-12-3-1-2-8-16-12/h1-8H,(H,17,19)(H,16,18,20). The average Bonchev–Trinajstić information content (AvgIpc) is 2.50. The van der Waals surface area contributed by atoms with Gasteiger partial charge in [0.25, 0.3) is 0 Å². The molecule has 6 nitrogen and oxygen atoms in total. The van der Waals surface area contributed by atoms with Gasteiger partial charge in [-0.25, -0.2) is 4.98 Å². The molecule has 0 aliphatic heterocycles. The van der Waals surface area contributed by atoms with Gasteiger partial charge in [-0.05, 0) is 48.2 Å². The van der Waals surface area contributed by atoms with Gasteiger partial charge in [0.15, 0.2) is 0 Å². The monoisotopic (exact) mass is 298 g/mol. The fourth-order valence-corrected chi connectivity index (χ4v) is 1.83. The van der Waals surface area contributed by atoms with Crippen LogP contribution in [0.2, 0.25) is 0 Å². The van der Waals surface area contributed by atoms with Crippen molar-refractivity contribution in [3.05, 3.63) is 48.7 Å². The quantitative estimate of drug-likeness (QED) is 0.515. The molecular weight excluding hydrogens is 288 g/mol. The molecule has 2 N–H and O–H groups in total. The van der Waals surface area contributed by atoms with Gasteiger partial charge in [0.05, 0.1) is 0 Å². The maximum atomic E-state index is 11.7. The Balaban J connectivity index is 1.94. The van der Waals surface area contributed by atoms with Gasteiger partial charge in [-0.2, -0.15) is 5.26 Å². The van der Waals surface area contributed by atoms with Crippen LogP contribution < -0.4 is 10.6 Å². The number of anilines is 2. The SMILES string of the molecule is N#CSc1ccc(NC(=O)C(=O)Nc2ccccn2)cc1. The number of aromatic nitrogens is 1. The predicted octanol–water partition coefficient (Wildman–Crippen LogP) is 2.23. The molecular formula is C14H10N4O2S. The van der Waals surface area contributed by atoms with Crippen LogP contribution in [0.5, 0.6) is 0 Å². The van der Waals surface area contributed by atoms with Gasteiger partial charge in [0.1, 0.15) is 11.2 Å². The van der Waals surface area contributed by atoms with Gasteiger partial charge in [0, 0.05) is 16.8 Å². The molecule has 1 aromatic carbocycles. The lowest BCUT2D eigenvalue weighted by Gasteiger charge is -2.06. The van der Waals surface area contributed by atoms with E-state index in [2.05, 4.69) is 15.6 Å². The molecule has 0 saturated carbocycles. The maximum absolute atomic E-state index is 11.7. The van der Waals surface area contributed by atoms with Crippen molar-refractivity contribution in [3.63, 3.8) is 0 Å². The molecule has 7 heteroatoms. The largest absolute Gasteiger partial charge is 0.318 e. The summed E-state index contributed by atoms with van der Waals surface area (Å²) in [6.07, 6.45) is 1.51. The molecule has 0 fully saturated rings. The van der Waals surface area contributed by atoms with Crippen molar-refractivity contribution in [2.45, 2.75) is 4.90 Å². The number of nitrogens with one attached hydrogen (secondary N) is 2. The Morgan fingerprint density at radius 2 is 1.76 bits per heavy atom. The number of thiocyanates is 1. The normalized spacial score (nSPS) is 9.48. The summed E-state index contributed by atoms with van der Waals surface area (Å²) in [5, 5.41) is 15.3. The second kappa shape index (κ2) is 7.07. The van der Waals surface area contributed by atoms with Gasteiger partial charge in [-0.3, -0.25) is 9.59 Å². The molecule has 2 aromatic rings. The number of carbonyl (C=O) groups is 2. The van der Waals surface area contributed by atoms with Crippen LogP contribution in [-0.4, -0.2) is 16.8 Å². The van der Waals surface area contributed by atoms with Gasteiger partial charge in [0.2, 0.25) is 0 Å². The number of benzene rings is 1. The lowest BCUT2D eigenvalue weighted by molar-refractivity contribution is -0.133. The Labute approximate surface area is 125 Å². The highest BCUT2D eigenvalue weighted by Crippen LogP contribution is 2.18. The van der Waals surface area contributed by atoms with Crippen LogP contribution >= 0.6 is 11.8 Å². The number of nitriles is 1. The highest BCUT2D eigenvalue weighted by Gasteiger charge is 2.14. The first-order valence-electron chi connectivity index (χ1n) is 5.88. The molecule has 1 heterocycles. The Morgan fingerprint density at radius 3 is 2.38 bits per heavy atom. The third kappa shape index (κ3) is 4.33. The summed E-state index contributed by atoms with van der Waals surface area (Å²) >= 11 is 1.02. The Hall–Kier alpha value is -2.85. The molecule has 2 rings (SSSR count). The first kappa shape index (κ1) is 14.6. The zero-order valence-electron chi connectivity index (χ0n) is 10.7. The van der Waals surface area contributed by atoms with Crippen LogP contribution in [0.3, 0.4) is 0 Å². The molecule has 0 unspecified atom stereocenters. The summed E-state index contributed by atoms with van der Waals surface area (Å²) in [4.78, 5) is 28.0. The highest BCUT2D eigenvalue weighted by molar-refractivity contribution is 8.03. The van der Waals surface area contributed by atoms with Crippen LogP contribution in [0.4, 0.5) is 11.5 Å². The molecule has 2 amide bonds. The third-order valence-corrected chi connectivity index (χ3v) is 2.99. The summed E-state index contributed by atoms with van der Waals surface area (Å²) in [6, 6.07) is 11.6. The summed E-state index contributed by atoms with van der Waals surface area (Å²) in [7, 11) is 0. The topological polar surface area (TPSA) is 94.9 Å². The Kier molecular flexibility index (Phi) is 4.90. The fourth-order valence-electron chi connectivity index (χ4n) is 1.46. The number of carbonyl (C=O) groups excluding carboxylic acids is 2. The zero-order chi connectivity index (χ0) is 15.1. The second-order valence-electron chi connectivity index (χ2n) is 3.84. The predicted molar refractivity (Wildman–Crippen MR) is 79.4 cm³/mol. The van der Waals surface area contributed by atoms with Crippen LogP contribution in [0, 0.1) is 10.7 Å². The van der Waals surface area contributed by atoms with Crippen molar-refractivity contribution in [1.82, 2.24) is 4.98 Å². The van der Waals surface area contributed by atoms with Gasteiger partial charge < -0.3 is 10.6 Å². The third-order valence-electron chi connectivity index (χ3n) is 2.39. The minimum atomic E-state index is -0.802. The highest BCUT2D eigenvalue weighted by atomic mass is 32.2. The summed E-state index contributed by atoms with van der Waals surface area (Å²) < 4.78 is 0. The smallest absolute Gasteiger partial charge is 0.315 e. The molecule has 0 spiro atoms. The molecule has 0 radical (unpaired) electrons. The van der Waals surface area contributed by atoms with Crippen LogP contribution in [-0.2, 0) is 9.59 Å². The van der Waals surface area contributed by atoms with E-state index in [1.54, 1.807) is 42.5 Å². The Morgan fingerprint density at radius 1 is 1.05 bits per heavy atom. The zero-order valence-corrected chi connectivity index (χ0v) is 11.6.